The maximum absolute atomic E-state index is 11.3. The molecule has 5 nitrogen and oxygen atoms in total. The van der Waals surface area contributed by atoms with Crippen molar-refractivity contribution in [1.82, 2.24) is 5.32 Å². The van der Waals surface area contributed by atoms with Gasteiger partial charge in [-0.25, -0.2) is 4.79 Å². The quantitative estimate of drug-likeness (QED) is 0.649. The molecule has 0 aromatic carbocycles. The van der Waals surface area contributed by atoms with Crippen LogP contribution in [0.2, 0.25) is 0 Å². The molecule has 5 heteroatoms. The molecule has 0 fully saturated rings. The van der Waals surface area contributed by atoms with Gasteiger partial charge in [0.25, 0.3) is 0 Å². The molecule has 0 bridgehead atoms. The first kappa shape index (κ1) is 12.4. The maximum atomic E-state index is 11.3. The number of hydrogen-bond donors (Lipinski definition) is 1. The summed E-state index contributed by atoms with van der Waals surface area (Å²) in [7, 11) is 0. The van der Waals surface area contributed by atoms with Gasteiger partial charge in [-0.3, -0.25) is 4.79 Å². The third-order valence-electron chi connectivity index (χ3n) is 1.12. The van der Waals surface area contributed by atoms with Gasteiger partial charge in [0, 0.05) is 6.92 Å². The lowest BCUT2D eigenvalue weighted by Crippen LogP contribution is -2.42. The van der Waals surface area contributed by atoms with E-state index in [4.69, 9.17) is 10.00 Å². The van der Waals surface area contributed by atoms with Crippen molar-refractivity contribution < 1.29 is 14.3 Å². The third kappa shape index (κ3) is 5.14. The lowest BCUT2D eigenvalue weighted by atomic mass is 10.2. The maximum Gasteiger partial charge on any atom is 0.344 e. The summed E-state index contributed by atoms with van der Waals surface area (Å²) in [5.74, 6) is -1.18. The molecule has 0 aromatic heterocycles. The molecule has 0 aromatic rings. The molecule has 0 aliphatic rings. The van der Waals surface area contributed by atoms with E-state index in [0.717, 1.165) is 0 Å². The average Bonchev–Trinajstić information content (AvgIpc) is 1.96. The Hall–Kier alpha value is -1.57. The van der Waals surface area contributed by atoms with Gasteiger partial charge in [-0.15, -0.1) is 0 Å². The van der Waals surface area contributed by atoms with E-state index in [2.05, 4.69) is 5.32 Å². The van der Waals surface area contributed by atoms with Gasteiger partial charge in [-0.2, -0.15) is 5.26 Å². The molecule has 0 saturated heterocycles. The summed E-state index contributed by atoms with van der Waals surface area (Å²) in [6.45, 7) is 6.29. The van der Waals surface area contributed by atoms with Crippen LogP contribution < -0.4 is 5.32 Å². The van der Waals surface area contributed by atoms with Crippen LogP contribution in [0.15, 0.2) is 0 Å². The van der Waals surface area contributed by atoms with Gasteiger partial charge in [-0.05, 0) is 20.8 Å². The molecule has 0 spiro atoms. The van der Waals surface area contributed by atoms with E-state index in [-0.39, 0.29) is 0 Å². The van der Waals surface area contributed by atoms with E-state index >= 15 is 0 Å². The van der Waals surface area contributed by atoms with Crippen LogP contribution in [-0.2, 0) is 14.3 Å². The Morgan fingerprint density at radius 3 is 2.21 bits per heavy atom. The summed E-state index contributed by atoms with van der Waals surface area (Å²) in [5, 5.41) is 10.8. The van der Waals surface area contributed by atoms with Crippen molar-refractivity contribution in [3.63, 3.8) is 0 Å². The molecule has 1 atom stereocenters. The first-order valence-electron chi connectivity index (χ1n) is 4.16. The Bertz CT molecular complexity index is 273. The fourth-order valence-electron chi connectivity index (χ4n) is 0.708. The lowest BCUT2D eigenvalue weighted by molar-refractivity contribution is -0.156. The van der Waals surface area contributed by atoms with Crippen molar-refractivity contribution in [3.8, 4) is 6.07 Å². The summed E-state index contributed by atoms with van der Waals surface area (Å²) < 4.78 is 4.92. The lowest BCUT2D eigenvalue weighted by Gasteiger charge is -2.21. The van der Waals surface area contributed by atoms with E-state index in [9.17, 15) is 9.59 Å². The van der Waals surface area contributed by atoms with Crippen molar-refractivity contribution >= 4 is 11.9 Å². The standard InChI is InChI=1S/C9H14N2O3/c1-6(12)11-7(5-10)8(13)14-9(2,3)4/h7H,1-4H3,(H,11,12)/t7-/m1/s1. The zero-order valence-corrected chi connectivity index (χ0v) is 8.75. The summed E-state index contributed by atoms with van der Waals surface area (Å²) in [4.78, 5) is 21.9. The number of carbonyl (C=O) groups is 2. The highest BCUT2D eigenvalue weighted by Gasteiger charge is 2.25. The van der Waals surface area contributed by atoms with E-state index in [1.165, 1.54) is 6.92 Å². The number of rotatable bonds is 2. The Kier molecular flexibility index (Phi) is 4.09. The highest BCUT2D eigenvalue weighted by Crippen LogP contribution is 2.08. The van der Waals surface area contributed by atoms with Crippen LogP contribution in [0.25, 0.3) is 0 Å². The second-order valence-corrected chi connectivity index (χ2v) is 3.80. The number of ether oxygens (including phenoxy) is 1. The van der Waals surface area contributed by atoms with Crippen LogP contribution in [-0.4, -0.2) is 23.5 Å². The zero-order valence-electron chi connectivity index (χ0n) is 8.75. The van der Waals surface area contributed by atoms with Gasteiger partial charge in [0.05, 0.1) is 6.07 Å². The van der Waals surface area contributed by atoms with Crippen LogP contribution >= 0.6 is 0 Å². The molecule has 1 N–H and O–H groups in total. The SMILES string of the molecule is CC(=O)N[C@H](C#N)C(=O)OC(C)(C)C. The molecule has 0 aliphatic heterocycles. The molecule has 0 unspecified atom stereocenters. The number of amides is 1. The van der Waals surface area contributed by atoms with Crippen molar-refractivity contribution in [3.05, 3.63) is 0 Å². The second-order valence-electron chi connectivity index (χ2n) is 3.80. The number of carbonyl (C=O) groups excluding carboxylic acids is 2. The predicted octanol–water partition coefficient (Wildman–Crippen LogP) is 0.356. The van der Waals surface area contributed by atoms with E-state index in [0.29, 0.717) is 0 Å². The molecule has 14 heavy (non-hydrogen) atoms. The van der Waals surface area contributed by atoms with Gasteiger partial charge in [0.2, 0.25) is 11.9 Å². The minimum absolute atomic E-state index is 0.442. The van der Waals surface area contributed by atoms with Crippen molar-refractivity contribution in [2.45, 2.75) is 39.3 Å². The molecular weight excluding hydrogens is 184 g/mol. The van der Waals surface area contributed by atoms with Crippen LogP contribution in [0.1, 0.15) is 27.7 Å². The molecular formula is C9H14N2O3. The fourth-order valence-corrected chi connectivity index (χ4v) is 0.708. The second kappa shape index (κ2) is 4.61. The van der Waals surface area contributed by atoms with Crippen LogP contribution in [0.5, 0.6) is 0 Å². The predicted molar refractivity (Wildman–Crippen MR) is 49.1 cm³/mol. The van der Waals surface area contributed by atoms with Gasteiger partial charge in [-0.1, -0.05) is 0 Å². The molecule has 0 radical (unpaired) electrons. The fraction of sp³-hybridized carbons (Fsp3) is 0.667. The Morgan fingerprint density at radius 1 is 1.43 bits per heavy atom. The highest BCUT2D eigenvalue weighted by atomic mass is 16.6. The Morgan fingerprint density at radius 2 is 1.93 bits per heavy atom. The van der Waals surface area contributed by atoms with Gasteiger partial charge >= 0.3 is 5.97 Å². The minimum Gasteiger partial charge on any atom is -0.458 e. The van der Waals surface area contributed by atoms with E-state index in [1.54, 1.807) is 26.8 Å². The smallest absolute Gasteiger partial charge is 0.344 e. The third-order valence-corrected chi connectivity index (χ3v) is 1.12. The van der Waals surface area contributed by atoms with Crippen molar-refractivity contribution in [2.75, 3.05) is 0 Å². The Labute approximate surface area is 83.0 Å². The average molecular weight is 198 g/mol. The van der Waals surface area contributed by atoms with Gasteiger partial charge in [0.15, 0.2) is 0 Å². The Balaban J connectivity index is 4.35. The molecule has 0 aliphatic carbocycles. The van der Waals surface area contributed by atoms with Crippen molar-refractivity contribution in [2.24, 2.45) is 0 Å². The summed E-state index contributed by atoms with van der Waals surface area (Å²) in [6, 6.07) is 0.419. The summed E-state index contributed by atoms with van der Waals surface area (Å²) in [5.41, 5.74) is -0.662. The van der Waals surface area contributed by atoms with Crippen LogP contribution in [0.4, 0.5) is 0 Å². The highest BCUT2D eigenvalue weighted by molar-refractivity contribution is 5.85. The van der Waals surface area contributed by atoms with Crippen LogP contribution in [0, 0.1) is 11.3 Å². The molecule has 0 heterocycles. The van der Waals surface area contributed by atoms with Gasteiger partial charge < -0.3 is 10.1 Å². The summed E-state index contributed by atoms with van der Waals surface area (Å²) >= 11 is 0. The molecule has 78 valence electrons. The topological polar surface area (TPSA) is 79.2 Å². The number of nitriles is 1. The monoisotopic (exact) mass is 198 g/mol. The molecule has 0 rings (SSSR count). The summed E-state index contributed by atoms with van der Waals surface area (Å²) in [6.07, 6.45) is 0. The van der Waals surface area contributed by atoms with E-state index in [1.807, 2.05) is 0 Å². The first-order valence-corrected chi connectivity index (χ1v) is 4.16. The number of hydrogen-bond acceptors (Lipinski definition) is 4. The molecule has 1 amide bonds. The number of nitrogens with zero attached hydrogens (tertiary/aromatic N) is 1. The largest absolute Gasteiger partial charge is 0.458 e. The van der Waals surface area contributed by atoms with E-state index < -0.39 is 23.5 Å². The van der Waals surface area contributed by atoms with Gasteiger partial charge in [0.1, 0.15) is 5.60 Å². The normalized spacial score (nSPS) is 12.5. The van der Waals surface area contributed by atoms with Crippen molar-refractivity contribution in [1.29, 1.82) is 5.26 Å². The number of esters is 1. The molecule has 0 saturated carbocycles. The number of nitrogens with one attached hydrogen (secondary N) is 1. The first-order chi connectivity index (χ1) is 6.26. The van der Waals surface area contributed by atoms with Crippen LogP contribution in [0.3, 0.4) is 0 Å². The minimum atomic E-state index is -1.23. The zero-order chi connectivity index (χ0) is 11.4.